The van der Waals surface area contributed by atoms with E-state index in [9.17, 15) is 18.0 Å². The third-order valence-electron chi connectivity index (χ3n) is 2.02. The van der Waals surface area contributed by atoms with Gasteiger partial charge in [0.15, 0.2) is 0 Å². The summed E-state index contributed by atoms with van der Waals surface area (Å²) in [7, 11) is 0. The topological polar surface area (TPSA) is 34.9 Å². The Labute approximate surface area is 104 Å². The Morgan fingerprint density at radius 2 is 2.12 bits per heavy atom. The van der Waals surface area contributed by atoms with Crippen molar-refractivity contribution in [1.82, 2.24) is 9.55 Å². The first kappa shape index (κ1) is 13.5. The Morgan fingerprint density at radius 3 is 2.69 bits per heavy atom. The van der Waals surface area contributed by atoms with Crippen LogP contribution in [0.4, 0.5) is 13.2 Å². The fourth-order valence-electron chi connectivity index (χ4n) is 1.16. The summed E-state index contributed by atoms with van der Waals surface area (Å²) in [5.74, 6) is 0. The molecule has 0 aliphatic carbocycles. The van der Waals surface area contributed by atoms with Crippen LogP contribution in [0.15, 0.2) is 11.1 Å². The summed E-state index contributed by atoms with van der Waals surface area (Å²) in [5.41, 5.74) is 0.313. The largest absolute Gasteiger partial charge is 0.389 e. The number of hydrogen-bond donors (Lipinski definition) is 0. The monoisotopic (exact) mass is 346 g/mol. The van der Waals surface area contributed by atoms with Crippen LogP contribution in [0.25, 0.3) is 0 Å². The first-order valence-electron chi connectivity index (χ1n) is 4.59. The van der Waals surface area contributed by atoms with Gasteiger partial charge in [0.2, 0.25) is 0 Å². The molecule has 0 atom stereocenters. The second-order valence-electron chi connectivity index (χ2n) is 3.36. The second kappa shape index (κ2) is 5.15. The lowest BCUT2D eigenvalue weighted by Gasteiger charge is -2.08. The van der Waals surface area contributed by atoms with Crippen molar-refractivity contribution in [3.63, 3.8) is 0 Å². The van der Waals surface area contributed by atoms with Gasteiger partial charge in [-0.15, -0.1) is 0 Å². The van der Waals surface area contributed by atoms with Gasteiger partial charge in [-0.1, -0.05) is 0 Å². The number of halogens is 4. The Hall–Kier alpha value is -0.600. The van der Waals surface area contributed by atoms with E-state index in [1.807, 2.05) is 22.6 Å². The van der Waals surface area contributed by atoms with E-state index in [1.165, 1.54) is 10.9 Å². The maximum absolute atomic E-state index is 11.9. The van der Waals surface area contributed by atoms with Crippen LogP contribution >= 0.6 is 22.6 Å². The summed E-state index contributed by atoms with van der Waals surface area (Å²) in [6.07, 6.45) is -3.88. The molecule has 0 radical (unpaired) electrons. The van der Waals surface area contributed by atoms with Gasteiger partial charge in [0.25, 0.3) is 5.56 Å². The molecule has 7 heteroatoms. The Kier molecular flexibility index (Phi) is 4.34. The van der Waals surface area contributed by atoms with E-state index in [0.717, 1.165) is 0 Å². The SMILES string of the molecule is Cc1ncn(CCCC(F)(F)F)c(=O)c1I. The van der Waals surface area contributed by atoms with Gasteiger partial charge in [0.05, 0.1) is 15.6 Å². The normalized spacial score (nSPS) is 11.8. The van der Waals surface area contributed by atoms with Crippen molar-refractivity contribution in [1.29, 1.82) is 0 Å². The number of aromatic nitrogens is 2. The number of aryl methyl sites for hydroxylation is 2. The standard InChI is InChI=1S/C9H10F3IN2O/c1-6-7(13)8(16)15(5-14-6)4-2-3-9(10,11)12/h5H,2-4H2,1H3. The highest BCUT2D eigenvalue weighted by atomic mass is 127. The first-order chi connectivity index (χ1) is 7.31. The van der Waals surface area contributed by atoms with Gasteiger partial charge in [-0.2, -0.15) is 13.2 Å². The fourth-order valence-corrected chi connectivity index (χ4v) is 1.60. The van der Waals surface area contributed by atoms with Crippen LogP contribution in [0.5, 0.6) is 0 Å². The van der Waals surface area contributed by atoms with E-state index in [0.29, 0.717) is 9.26 Å². The molecule has 0 amide bonds. The van der Waals surface area contributed by atoms with E-state index in [2.05, 4.69) is 4.98 Å². The summed E-state index contributed by atoms with van der Waals surface area (Å²) < 4.78 is 37.4. The molecule has 90 valence electrons. The zero-order valence-corrected chi connectivity index (χ0v) is 10.7. The predicted molar refractivity (Wildman–Crippen MR) is 61.2 cm³/mol. The lowest BCUT2D eigenvalue weighted by Crippen LogP contribution is -2.24. The Balaban J connectivity index is 2.69. The highest BCUT2D eigenvalue weighted by Crippen LogP contribution is 2.21. The molecule has 0 fully saturated rings. The average Bonchev–Trinajstić information content (AvgIpc) is 2.16. The zero-order valence-electron chi connectivity index (χ0n) is 8.51. The number of nitrogens with zero attached hydrogens (tertiary/aromatic N) is 2. The van der Waals surface area contributed by atoms with Crippen LogP contribution < -0.4 is 5.56 Å². The molecular formula is C9H10F3IN2O. The van der Waals surface area contributed by atoms with E-state index < -0.39 is 12.6 Å². The Bertz CT molecular complexity index is 428. The van der Waals surface area contributed by atoms with Crippen molar-refractivity contribution in [3.8, 4) is 0 Å². The van der Waals surface area contributed by atoms with E-state index in [-0.39, 0.29) is 18.5 Å². The number of alkyl halides is 3. The second-order valence-corrected chi connectivity index (χ2v) is 4.44. The van der Waals surface area contributed by atoms with Gasteiger partial charge < -0.3 is 0 Å². The zero-order chi connectivity index (χ0) is 12.3. The van der Waals surface area contributed by atoms with Gasteiger partial charge in [0, 0.05) is 13.0 Å². The van der Waals surface area contributed by atoms with Crippen LogP contribution in [0.3, 0.4) is 0 Å². The van der Waals surface area contributed by atoms with Gasteiger partial charge in [-0.25, -0.2) is 4.98 Å². The molecule has 0 unspecified atom stereocenters. The minimum atomic E-state index is -4.17. The molecule has 1 rings (SSSR count). The smallest absolute Gasteiger partial charge is 0.298 e. The summed E-state index contributed by atoms with van der Waals surface area (Å²) in [6, 6.07) is 0. The lowest BCUT2D eigenvalue weighted by atomic mass is 10.3. The summed E-state index contributed by atoms with van der Waals surface area (Å²) in [4.78, 5) is 15.5. The highest BCUT2D eigenvalue weighted by Gasteiger charge is 2.26. The van der Waals surface area contributed by atoms with Crippen molar-refractivity contribution in [3.05, 3.63) is 25.9 Å². The van der Waals surface area contributed by atoms with E-state index in [4.69, 9.17) is 0 Å². The third kappa shape index (κ3) is 3.76. The molecule has 0 saturated heterocycles. The molecule has 0 aromatic carbocycles. The van der Waals surface area contributed by atoms with Crippen LogP contribution in [-0.4, -0.2) is 15.7 Å². The molecule has 1 aromatic heterocycles. The third-order valence-corrected chi connectivity index (χ3v) is 3.26. The van der Waals surface area contributed by atoms with Gasteiger partial charge >= 0.3 is 6.18 Å². The summed E-state index contributed by atoms with van der Waals surface area (Å²) in [6.45, 7) is 1.73. The highest BCUT2D eigenvalue weighted by molar-refractivity contribution is 14.1. The van der Waals surface area contributed by atoms with Gasteiger partial charge in [0.1, 0.15) is 0 Å². The molecule has 0 spiro atoms. The molecule has 0 N–H and O–H groups in total. The molecule has 3 nitrogen and oxygen atoms in total. The average molecular weight is 346 g/mol. The molecular weight excluding hydrogens is 336 g/mol. The van der Waals surface area contributed by atoms with Crippen LogP contribution in [-0.2, 0) is 6.54 Å². The molecule has 1 heterocycles. The fraction of sp³-hybridized carbons (Fsp3) is 0.556. The quantitative estimate of drug-likeness (QED) is 0.789. The van der Waals surface area contributed by atoms with Crippen molar-refractivity contribution in [2.24, 2.45) is 0 Å². The van der Waals surface area contributed by atoms with Crippen LogP contribution in [0.2, 0.25) is 0 Å². The van der Waals surface area contributed by atoms with E-state index in [1.54, 1.807) is 6.92 Å². The number of rotatable bonds is 3. The molecule has 0 aliphatic heterocycles. The minimum absolute atomic E-state index is 0.0433. The van der Waals surface area contributed by atoms with Crippen molar-refractivity contribution < 1.29 is 13.2 Å². The van der Waals surface area contributed by atoms with Crippen LogP contribution in [0.1, 0.15) is 18.5 Å². The van der Waals surface area contributed by atoms with Crippen molar-refractivity contribution in [2.45, 2.75) is 32.5 Å². The van der Waals surface area contributed by atoms with E-state index >= 15 is 0 Å². The lowest BCUT2D eigenvalue weighted by molar-refractivity contribution is -0.135. The van der Waals surface area contributed by atoms with Crippen molar-refractivity contribution >= 4 is 22.6 Å². The molecule has 0 aliphatic rings. The predicted octanol–water partition coefficient (Wildman–Crippen LogP) is 2.50. The maximum atomic E-state index is 11.9. The maximum Gasteiger partial charge on any atom is 0.389 e. The molecule has 16 heavy (non-hydrogen) atoms. The first-order valence-corrected chi connectivity index (χ1v) is 5.67. The van der Waals surface area contributed by atoms with Gasteiger partial charge in [-0.3, -0.25) is 9.36 Å². The Morgan fingerprint density at radius 1 is 1.50 bits per heavy atom. The number of hydrogen-bond acceptors (Lipinski definition) is 2. The molecule has 1 aromatic rings. The van der Waals surface area contributed by atoms with Crippen LogP contribution in [0, 0.1) is 10.5 Å². The summed E-state index contributed by atoms with van der Waals surface area (Å²) >= 11 is 1.84. The minimum Gasteiger partial charge on any atom is -0.298 e. The van der Waals surface area contributed by atoms with Crippen molar-refractivity contribution in [2.75, 3.05) is 0 Å². The van der Waals surface area contributed by atoms with Gasteiger partial charge in [-0.05, 0) is 35.9 Å². The summed E-state index contributed by atoms with van der Waals surface area (Å²) in [5, 5.41) is 0. The molecule has 0 bridgehead atoms. The molecule has 0 saturated carbocycles.